The van der Waals surface area contributed by atoms with Gasteiger partial charge in [0, 0.05) is 36.3 Å². The molecule has 0 spiro atoms. The molecule has 0 aliphatic rings. The second kappa shape index (κ2) is 12.5. The number of halogens is 1. The van der Waals surface area contributed by atoms with Crippen molar-refractivity contribution in [1.82, 2.24) is 34.5 Å². The minimum Gasteiger partial charge on any atom is -0.423 e. The summed E-state index contributed by atoms with van der Waals surface area (Å²) >= 11 is 0. The van der Waals surface area contributed by atoms with Gasteiger partial charge in [-0.1, -0.05) is 47.5 Å². The van der Waals surface area contributed by atoms with Crippen LogP contribution in [0.25, 0.3) is 33.5 Å². The Hall–Kier alpha value is -4.49. The van der Waals surface area contributed by atoms with Crippen molar-refractivity contribution in [1.29, 1.82) is 0 Å². The van der Waals surface area contributed by atoms with Crippen molar-refractivity contribution in [3.05, 3.63) is 71.6 Å². The van der Waals surface area contributed by atoms with Gasteiger partial charge in [-0.15, -0.1) is 5.54 Å². The summed E-state index contributed by atoms with van der Waals surface area (Å²) in [6, 6.07) is 5.73. The highest BCUT2D eigenvalue weighted by Gasteiger charge is 2.41. The zero-order valence-electron chi connectivity index (χ0n) is 27.7. The van der Waals surface area contributed by atoms with Crippen molar-refractivity contribution in [3.8, 4) is 45.7 Å². The molecule has 10 heteroatoms. The molecular weight excluding hydrogens is 582 g/mol. The molecule has 5 heterocycles. The van der Waals surface area contributed by atoms with Crippen molar-refractivity contribution >= 4 is 19.1 Å². The van der Waals surface area contributed by atoms with Gasteiger partial charge >= 0.3 is 6.01 Å². The monoisotopic (exact) mass is 621 g/mol. The number of hydrogen-bond acceptors (Lipinski definition) is 7. The number of nitrogens with zero attached hydrogens (tertiary/aromatic N) is 7. The van der Waals surface area contributed by atoms with Gasteiger partial charge in [0.05, 0.1) is 28.7 Å². The van der Waals surface area contributed by atoms with Crippen LogP contribution < -0.4 is 4.74 Å². The quantitative estimate of drug-likeness (QED) is 0.133. The lowest BCUT2D eigenvalue weighted by atomic mass is 9.99. The first-order chi connectivity index (χ1) is 21.4. The maximum Gasteiger partial charge on any atom is 0.322 e. The highest BCUT2D eigenvalue weighted by molar-refractivity contribution is 6.90. The van der Waals surface area contributed by atoms with Crippen LogP contribution in [-0.2, 0) is 7.05 Å². The number of aryl methyl sites for hydroxylation is 3. The van der Waals surface area contributed by atoms with E-state index in [9.17, 15) is 0 Å². The molecule has 0 radical (unpaired) electrons. The fraction of sp³-hybridized carbons (Fsp3) is 0.371. The zero-order valence-corrected chi connectivity index (χ0v) is 28.7. The standard InChI is InChI=1S/C35H40FN7OSi/c1-20(2)45(21(3)4,22(5)6)16-14-29-32(36)24(8)27(18-39-29)33-31(30-25(9)40-19-41-34(30)43(33)10)28-12-11-26(17-38-28)44-35-37-15-13-23(7)42-35/h11-13,15,17-22H,1-10H3. The number of hydrogen-bond donors (Lipinski definition) is 0. The Kier molecular flexibility index (Phi) is 8.85. The normalized spacial score (nSPS) is 11.9. The van der Waals surface area contributed by atoms with Gasteiger partial charge in [0.15, 0.2) is 5.82 Å². The van der Waals surface area contributed by atoms with E-state index in [1.165, 1.54) is 6.33 Å². The van der Waals surface area contributed by atoms with Crippen LogP contribution in [0.2, 0.25) is 16.6 Å². The number of fused-ring (bicyclic) bond motifs is 1. The molecule has 8 nitrogen and oxygen atoms in total. The Morgan fingerprint density at radius 3 is 2.20 bits per heavy atom. The molecule has 0 saturated heterocycles. The van der Waals surface area contributed by atoms with E-state index in [1.54, 1.807) is 31.6 Å². The maximum absolute atomic E-state index is 16.2. The molecule has 45 heavy (non-hydrogen) atoms. The van der Waals surface area contributed by atoms with Crippen LogP contribution in [0, 0.1) is 38.1 Å². The number of aromatic nitrogens is 7. The van der Waals surface area contributed by atoms with Gasteiger partial charge in [-0.25, -0.2) is 29.3 Å². The van der Waals surface area contributed by atoms with E-state index in [2.05, 4.69) is 77.9 Å². The van der Waals surface area contributed by atoms with Gasteiger partial charge < -0.3 is 9.30 Å². The van der Waals surface area contributed by atoms with E-state index in [-0.39, 0.29) is 11.7 Å². The second-order valence-corrected chi connectivity index (χ2v) is 18.1. The van der Waals surface area contributed by atoms with Crippen molar-refractivity contribution in [3.63, 3.8) is 0 Å². The summed E-state index contributed by atoms with van der Waals surface area (Å²) in [6.07, 6.45) is 6.53. The van der Waals surface area contributed by atoms with Gasteiger partial charge in [0.25, 0.3) is 0 Å². The average Bonchev–Trinajstić information content (AvgIpc) is 3.28. The fourth-order valence-electron chi connectivity index (χ4n) is 6.64. The van der Waals surface area contributed by atoms with E-state index in [4.69, 9.17) is 9.72 Å². The maximum atomic E-state index is 16.2. The molecule has 0 amide bonds. The smallest absolute Gasteiger partial charge is 0.322 e. The SMILES string of the molecule is Cc1ccnc(Oc2ccc(-c3c(-c4cnc(C#C[Si](C(C)C)(C(C)C)C(C)C)c(F)c4C)n(C)c4ncnc(C)c34)nc2)n1. The number of rotatable bonds is 7. The molecule has 0 N–H and O–H groups in total. The molecule has 0 aliphatic carbocycles. The number of ether oxygens (including phenoxy) is 1. The minimum atomic E-state index is -2.06. The van der Waals surface area contributed by atoms with Crippen LogP contribution in [0.4, 0.5) is 4.39 Å². The predicted octanol–water partition coefficient (Wildman–Crippen LogP) is 8.31. The molecule has 5 rings (SSSR count). The molecule has 0 unspecified atom stereocenters. The van der Waals surface area contributed by atoms with Crippen molar-refractivity contribution in [2.75, 3.05) is 0 Å². The van der Waals surface area contributed by atoms with E-state index < -0.39 is 13.9 Å². The lowest BCUT2D eigenvalue weighted by Gasteiger charge is -2.38. The van der Waals surface area contributed by atoms with Gasteiger partial charge in [-0.05, 0) is 61.2 Å². The molecule has 0 saturated carbocycles. The second-order valence-electron chi connectivity index (χ2n) is 12.5. The molecule has 0 aromatic carbocycles. The van der Waals surface area contributed by atoms with Gasteiger partial charge in [-0.2, -0.15) is 0 Å². The predicted molar refractivity (Wildman–Crippen MR) is 179 cm³/mol. The van der Waals surface area contributed by atoms with E-state index >= 15 is 4.39 Å². The van der Waals surface area contributed by atoms with Crippen LogP contribution >= 0.6 is 0 Å². The fourth-order valence-corrected chi connectivity index (χ4v) is 11.8. The molecule has 232 valence electrons. The van der Waals surface area contributed by atoms with Crippen LogP contribution in [0.1, 0.15) is 64.2 Å². The first kappa shape index (κ1) is 31.9. The molecule has 0 fully saturated rings. The molecular formula is C35H40FN7OSi. The lowest BCUT2D eigenvalue weighted by Crippen LogP contribution is -2.43. The number of pyridine rings is 2. The Balaban J connectivity index is 1.64. The molecule has 0 bridgehead atoms. The van der Waals surface area contributed by atoms with E-state index in [0.29, 0.717) is 44.8 Å². The van der Waals surface area contributed by atoms with Crippen LogP contribution in [0.5, 0.6) is 11.8 Å². The zero-order chi connectivity index (χ0) is 32.6. The molecule has 0 aliphatic heterocycles. The summed E-state index contributed by atoms with van der Waals surface area (Å²) in [5.74, 6) is 3.29. The van der Waals surface area contributed by atoms with Crippen LogP contribution in [0.3, 0.4) is 0 Å². The topological polar surface area (TPSA) is 91.5 Å². The summed E-state index contributed by atoms with van der Waals surface area (Å²) in [4.78, 5) is 26.9. The van der Waals surface area contributed by atoms with Crippen molar-refractivity contribution < 1.29 is 9.13 Å². The third kappa shape index (κ3) is 5.73. The van der Waals surface area contributed by atoms with E-state index in [1.807, 2.05) is 37.6 Å². The van der Waals surface area contributed by atoms with Crippen LogP contribution in [-0.4, -0.2) is 42.5 Å². The van der Waals surface area contributed by atoms with E-state index in [0.717, 1.165) is 28.0 Å². The molecule has 0 atom stereocenters. The average molecular weight is 622 g/mol. The first-order valence-corrected chi connectivity index (χ1v) is 17.5. The van der Waals surface area contributed by atoms with Gasteiger partial charge in [0.1, 0.15) is 31.5 Å². The minimum absolute atomic E-state index is 0.185. The Labute approximate surface area is 265 Å². The van der Waals surface area contributed by atoms with Crippen molar-refractivity contribution in [2.24, 2.45) is 7.05 Å². The van der Waals surface area contributed by atoms with Crippen molar-refractivity contribution in [2.45, 2.75) is 78.9 Å². The highest BCUT2D eigenvalue weighted by atomic mass is 28.3. The Morgan fingerprint density at radius 2 is 1.58 bits per heavy atom. The highest BCUT2D eigenvalue weighted by Crippen LogP contribution is 2.43. The molecule has 5 aromatic heterocycles. The third-order valence-electron chi connectivity index (χ3n) is 8.91. The molecule has 5 aromatic rings. The summed E-state index contributed by atoms with van der Waals surface area (Å²) in [7, 11) is -0.149. The summed E-state index contributed by atoms with van der Waals surface area (Å²) in [5, 5.41) is 0.837. The van der Waals surface area contributed by atoms with Gasteiger partial charge in [-0.3, -0.25) is 4.98 Å². The van der Waals surface area contributed by atoms with Gasteiger partial charge in [0.2, 0.25) is 0 Å². The lowest BCUT2D eigenvalue weighted by molar-refractivity contribution is 0.438. The first-order valence-electron chi connectivity index (χ1n) is 15.3. The summed E-state index contributed by atoms with van der Waals surface area (Å²) in [6.45, 7) is 19.1. The Bertz CT molecular complexity index is 1920. The largest absolute Gasteiger partial charge is 0.423 e. The van der Waals surface area contributed by atoms with Crippen LogP contribution in [0.15, 0.2) is 43.1 Å². The Morgan fingerprint density at radius 1 is 0.867 bits per heavy atom. The summed E-state index contributed by atoms with van der Waals surface area (Å²) in [5.41, 5.74) is 10.7. The summed E-state index contributed by atoms with van der Waals surface area (Å²) < 4.78 is 24.0. The third-order valence-corrected chi connectivity index (χ3v) is 15.2.